The number of methoxy groups -OCH3 is 1. The first-order chi connectivity index (χ1) is 10.6. The highest BCUT2D eigenvalue weighted by atomic mass is 35.5. The van der Waals surface area contributed by atoms with Crippen molar-refractivity contribution in [2.24, 2.45) is 0 Å². The van der Waals surface area contributed by atoms with Crippen LogP contribution in [-0.2, 0) is 4.79 Å². The molecule has 1 heterocycles. The van der Waals surface area contributed by atoms with Crippen molar-refractivity contribution in [3.05, 3.63) is 58.9 Å². The van der Waals surface area contributed by atoms with Crippen LogP contribution in [0.2, 0.25) is 5.02 Å². The van der Waals surface area contributed by atoms with E-state index in [1.165, 1.54) is 31.0 Å². The van der Waals surface area contributed by atoms with Gasteiger partial charge in [0.2, 0.25) is 5.91 Å². The fourth-order valence-corrected chi connectivity index (χ4v) is 3.77. The molecule has 1 atom stereocenters. The van der Waals surface area contributed by atoms with Gasteiger partial charge in [0.1, 0.15) is 16.9 Å². The summed E-state index contributed by atoms with van der Waals surface area (Å²) in [6, 6.07) is 11.4. The van der Waals surface area contributed by atoms with E-state index in [9.17, 15) is 9.18 Å². The second-order valence-corrected chi connectivity index (χ2v) is 6.30. The van der Waals surface area contributed by atoms with Crippen LogP contribution in [0.3, 0.4) is 0 Å². The van der Waals surface area contributed by atoms with Gasteiger partial charge in [-0.05, 0) is 35.9 Å². The molecule has 0 saturated carbocycles. The minimum Gasteiger partial charge on any atom is -0.495 e. The van der Waals surface area contributed by atoms with Crippen molar-refractivity contribution in [3.8, 4) is 5.75 Å². The lowest BCUT2D eigenvalue weighted by molar-refractivity contribution is -0.115. The molecule has 3 nitrogen and oxygen atoms in total. The summed E-state index contributed by atoms with van der Waals surface area (Å²) in [5, 5.41) is 0.217. The molecule has 3 rings (SSSR count). The number of nitrogens with zero attached hydrogens (tertiary/aromatic N) is 1. The monoisotopic (exact) mass is 337 g/mol. The van der Waals surface area contributed by atoms with Gasteiger partial charge in [0, 0.05) is 5.02 Å². The van der Waals surface area contributed by atoms with E-state index in [1.54, 1.807) is 29.2 Å². The van der Waals surface area contributed by atoms with E-state index in [-0.39, 0.29) is 17.1 Å². The molecule has 1 fully saturated rings. The van der Waals surface area contributed by atoms with Crippen LogP contribution in [0.25, 0.3) is 0 Å². The average Bonchev–Trinajstić information content (AvgIpc) is 2.89. The lowest BCUT2D eigenvalue weighted by Crippen LogP contribution is -2.28. The number of anilines is 1. The first-order valence-electron chi connectivity index (χ1n) is 6.63. The number of amides is 1. The van der Waals surface area contributed by atoms with Crippen molar-refractivity contribution in [3.63, 3.8) is 0 Å². The number of halogens is 2. The van der Waals surface area contributed by atoms with Gasteiger partial charge in [0.15, 0.2) is 0 Å². The highest BCUT2D eigenvalue weighted by molar-refractivity contribution is 8.00. The Labute approximate surface area is 137 Å². The third-order valence-electron chi connectivity index (χ3n) is 3.40. The molecule has 0 spiro atoms. The zero-order valence-electron chi connectivity index (χ0n) is 11.8. The predicted octanol–water partition coefficient (Wildman–Crippen LogP) is 4.27. The topological polar surface area (TPSA) is 29.5 Å². The minimum atomic E-state index is -0.324. The van der Waals surface area contributed by atoms with E-state index in [4.69, 9.17) is 16.3 Å². The number of hydrogen-bond acceptors (Lipinski definition) is 3. The second-order valence-electron chi connectivity index (χ2n) is 4.80. The number of ether oxygens (including phenoxy) is 1. The summed E-state index contributed by atoms with van der Waals surface area (Å²) >= 11 is 7.51. The van der Waals surface area contributed by atoms with Crippen LogP contribution < -0.4 is 9.64 Å². The number of carbonyl (C=O) groups excluding carboxylic acids is 1. The van der Waals surface area contributed by atoms with E-state index in [0.717, 1.165) is 5.56 Å². The maximum absolute atomic E-state index is 13.5. The fraction of sp³-hybridized carbons (Fsp3) is 0.188. The van der Waals surface area contributed by atoms with Crippen molar-refractivity contribution in [1.82, 2.24) is 0 Å². The Balaban J connectivity index is 2.07. The van der Waals surface area contributed by atoms with Crippen molar-refractivity contribution in [2.45, 2.75) is 5.37 Å². The van der Waals surface area contributed by atoms with Crippen LogP contribution in [0.5, 0.6) is 5.75 Å². The lowest BCUT2D eigenvalue weighted by atomic mass is 10.1. The van der Waals surface area contributed by atoms with Gasteiger partial charge in [-0.3, -0.25) is 9.69 Å². The predicted molar refractivity (Wildman–Crippen MR) is 87.1 cm³/mol. The lowest BCUT2D eigenvalue weighted by Gasteiger charge is -2.26. The third-order valence-corrected chi connectivity index (χ3v) is 4.85. The molecule has 22 heavy (non-hydrogen) atoms. The average molecular weight is 338 g/mol. The molecule has 0 aliphatic carbocycles. The van der Waals surface area contributed by atoms with Gasteiger partial charge >= 0.3 is 0 Å². The van der Waals surface area contributed by atoms with E-state index in [1.807, 2.05) is 6.07 Å². The summed E-state index contributed by atoms with van der Waals surface area (Å²) in [6.45, 7) is 0. The Morgan fingerprint density at radius 3 is 2.86 bits per heavy atom. The quantitative estimate of drug-likeness (QED) is 0.837. The van der Waals surface area contributed by atoms with Crippen molar-refractivity contribution in [1.29, 1.82) is 0 Å². The maximum atomic E-state index is 13.5. The van der Waals surface area contributed by atoms with Crippen LogP contribution in [-0.4, -0.2) is 18.8 Å². The van der Waals surface area contributed by atoms with Crippen LogP contribution in [0.15, 0.2) is 42.5 Å². The van der Waals surface area contributed by atoms with Gasteiger partial charge in [-0.25, -0.2) is 4.39 Å². The molecule has 1 saturated heterocycles. The number of hydrogen-bond donors (Lipinski definition) is 0. The summed E-state index contributed by atoms with van der Waals surface area (Å²) in [7, 11) is 1.54. The number of rotatable bonds is 3. The standard InChI is InChI=1S/C16H13ClFNO2S/c1-21-14-6-5-11(17)8-13(14)19-15(20)9-22-16(19)10-3-2-4-12(18)7-10/h2-8,16H,9H2,1H3/t16-/m1/s1. The SMILES string of the molecule is COc1ccc(Cl)cc1N1C(=O)CS[C@@H]1c1cccc(F)c1. The molecule has 6 heteroatoms. The summed E-state index contributed by atoms with van der Waals surface area (Å²) in [6.07, 6.45) is 0. The Morgan fingerprint density at radius 2 is 2.14 bits per heavy atom. The molecule has 114 valence electrons. The molecule has 0 radical (unpaired) electrons. The van der Waals surface area contributed by atoms with E-state index >= 15 is 0 Å². The van der Waals surface area contributed by atoms with Crippen molar-refractivity contribution >= 4 is 35.0 Å². The Kier molecular flexibility index (Phi) is 4.27. The molecule has 0 aromatic heterocycles. The molecular weight excluding hydrogens is 325 g/mol. The largest absolute Gasteiger partial charge is 0.495 e. The number of thioether (sulfide) groups is 1. The summed E-state index contributed by atoms with van der Waals surface area (Å²) in [5.74, 6) is 0.508. The first kappa shape index (κ1) is 15.2. The van der Waals surface area contributed by atoms with Gasteiger partial charge in [-0.1, -0.05) is 23.7 Å². The van der Waals surface area contributed by atoms with Crippen LogP contribution in [0, 0.1) is 5.82 Å². The molecule has 2 aromatic rings. The van der Waals surface area contributed by atoms with E-state index < -0.39 is 0 Å². The second kappa shape index (κ2) is 6.18. The zero-order valence-corrected chi connectivity index (χ0v) is 13.3. The highest BCUT2D eigenvalue weighted by Crippen LogP contribution is 2.45. The summed E-state index contributed by atoms with van der Waals surface area (Å²) in [5.41, 5.74) is 1.33. The normalized spacial score (nSPS) is 17.9. The molecule has 2 aromatic carbocycles. The molecular formula is C16H13ClFNO2S. The molecule has 1 aliphatic rings. The fourth-order valence-electron chi connectivity index (χ4n) is 2.44. The van der Waals surface area contributed by atoms with Crippen LogP contribution in [0.4, 0.5) is 10.1 Å². The Hall–Kier alpha value is -1.72. The Morgan fingerprint density at radius 1 is 1.32 bits per heavy atom. The molecule has 0 unspecified atom stereocenters. The first-order valence-corrected chi connectivity index (χ1v) is 8.05. The summed E-state index contributed by atoms with van der Waals surface area (Å²) in [4.78, 5) is 14.0. The molecule has 1 aliphatic heterocycles. The smallest absolute Gasteiger partial charge is 0.238 e. The maximum Gasteiger partial charge on any atom is 0.238 e. The van der Waals surface area contributed by atoms with Gasteiger partial charge in [0.25, 0.3) is 0 Å². The zero-order chi connectivity index (χ0) is 15.7. The van der Waals surface area contributed by atoms with Gasteiger partial charge in [-0.2, -0.15) is 0 Å². The number of carbonyl (C=O) groups is 1. The van der Waals surface area contributed by atoms with Gasteiger partial charge in [-0.15, -0.1) is 11.8 Å². The van der Waals surface area contributed by atoms with Gasteiger partial charge in [0.05, 0.1) is 18.6 Å². The third kappa shape index (κ3) is 2.78. The van der Waals surface area contributed by atoms with Gasteiger partial charge < -0.3 is 4.74 Å². The molecule has 0 N–H and O–H groups in total. The number of benzene rings is 2. The molecule has 1 amide bonds. The Bertz CT molecular complexity index is 725. The molecule has 0 bridgehead atoms. The van der Waals surface area contributed by atoms with Crippen LogP contribution in [0.1, 0.15) is 10.9 Å². The van der Waals surface area contributed by atoms with Crippen molar-refractivity contribution in [2.75, 3.05) is 17.8 Å². The van der Waals surface area contributed by atoms with Crippen LogP contribution >= 0.6 is 23.4 Å². The summed E-state index contributed by atoms with van der Waals surface area (Å²) < 4.78 is 18.8. The van der Waals surface area contributed by atoms with E-state index in [2.05, 4.69) is 0 Å². The van der Waals surface area contributed by atoms with E-state index in [0.29, 0.717) is 22.2 Å². The van der Waals surface area contributed by atoms with Crippen molar-refractivity contribution < 1.29 is 13.9 Å². The highest BCUT2D eigenvalue weighted by Gasteiger charge is 2.35. The minimum absolute atomic E-state index is 0.0557.